The van der Waals surface area contributed by atoms with E-state index in [4.69, 9.17) is 5.11 Å². The standard InChI is InChI=1S/C15H21F2NO5/c1-8(2)11(18-14(22)23-3)12(19)9-4-5-10(13(20)21)7-15(16,17)6-9/h4-5,8-11H,6-7H2,1-3H3,(H,18,22)(H,20,21)/t9?,10?,11-/m0/s1. The predicted octanol–water partition coefficient (Wildman–Crippen LogP) is 2.24. The number of halogens is 2. The van der Waals surface area contributed by atoms with E-state index >= 15 is 0 Å². The maximum atomic E-state index is 13.9. The lowest BCUT2D eigenvalue weighted by molar-refractivity contribution is -0.143. The highest BCUT2D eigenvalue weighted by Crippen LogP contribution is 2.36. The van der Waals surface area contributed by atoms with E-state index in [1.165, 1.54) is 6.08 Å². The summed E-state index contributed by atoms with van der Waals surface area (Å²) in [6.07, 6.45) is -0.125. The molecule has 2 N–H and O–H groups in total. The van der Waals surface area contributed by atoms with Crippen LogP contribution < -0.4 is 5.32 Å². The number of ether oxygens (including phenoxy) is 1. The number of nitrogens with one attached hydrogen (secondary N) is 1. The number of aliphatic carboxylic acids is 1. The van der Waals surface area contributed by atoms with Crippen LogP contribution in [0, 0.1) is 17.8 Å². The van der Waals surface area contributed by atoms with Crippen molar-refractivity contribution >= 4 is 17.8 Å². The van der Waals surface area contributed by atoms with Gasteiger partial charge in [0, 0.05) is 18.8 Å². The Balaban J connectivity index is 3.01. The van der Waals surface area contributed by atoms with Crippen molar-refractivity contribution in [2.75, 3.05) is 7.11 Å². The van der Waals surface area contributed by atoms with Crippen LogP contribution in [0.5, 0.6) is 0 Å². The molecular weight excluding hydrogens is 312 g/mol. The monoisotopic (exact) mass is 333 g/mol. The van der Waals surface area contributed by atoms with E-state index in [-0.39, 0.29) is 5.92 Å². The summed E-state index contributed by atoms with van der Waals surface area (Å²) in [7, 11) is 1.13. The van der Waals surface area contributed by atoms with Gasteiger partial charge in [-0.25, -0.2) is 13.6 Å². The molecule has 130 valence electrons. The first-order chi connectivity index (χ1) is 10.6. The third kappa shape index (κ3) is 5.30. The summed E-state index contributed by atoms with van der Waals surface area (Å²) in [6, 6.07) is -0.991. The summed E-state index contributed by atoms with van der Waals surface area (Å²) < 4.78 is 32.3. The highest BCUT2D eigenvalue weighted by atomic mass is 19.3. The van der Waals surface area contributed by atoms with E-state index in [0.29, 0.717) is 0 Å². The van der Waals surface area contributed by atoms with Crippen molar-refractivity contribution in [1.29, 1.82) is 0 Å². The second-order valence-corrected chi connectivity index (χ2v) is 5.96. The molecule has 8 heteroatoms. The lowest BCUT2D eigenvalue weighted by Crippen LogP contribution is -2.47. The minimum absolute atomic E-state index is 0.331. The number of amides is 1. The number of alkyl halides is 2. The second kappa shape index (κ2) is 7.52. The van der Waals surface area contributed by atoms with Gasteiger partial charge in [0.25, 0.3) is 0 Å². The predicted molar refractivity (Wildman–Crippen MR) is 77.1 cm³/mol. The molecule has 0 aromatic rings. The van der Waals surface area contributed by atoms with E-state index in [2.05, 4.69) is 10.1 Å². The summed E-state index contributed by atoms with van der Waals surface area (Å²) in [5, 5.41) is 11.3. The number of carbonyl (C=O) groups excluding carboxylic acids is 2. The highest BCUT2D eigenvalue weighted by Gasteiger charge is 2.42. The molecule has 23 heavy (non-hydrogen) atoms. The summed E-state index contributed by atoms with van der Waals surface area (Å²) in [4.78, 5) is 34.8. The molecular formula is C15H21F2NO5. The maximum absolute atomic E-state index is 13.9. The smallest absolute Gasteiger partial charge is 0.407 e. The largest absolute Gasteiger partial charge is 0.481 e. The zero-order valence-corrected chi connectivity index (χ0v) is 13.2. The Morgan fingerprint density at radius 2 is 1.74 bits per heavy atom. The van der Waals surface area contributed by atoms with Crippen LogP contribution in [-0.4, -0.2) is 42.0 Å². The van der Waals surface area contributed by atoms with Crippen LogP contribution in [0.1, 0.15) is 26.7 Å². The number of rotatable bonds is 5. The summed E-state index contributed by atoms with van der Waals surface area (Å²) in [5.74, 6) is -8.07. The third-order valence-corrected chi connectivity index (χ3v) is 3.73. The molecule has 0 aromatic heterocycles. The molecule has 2 unspecified atom stereocenters. The summed E-state index contributed by atoms with van der Waals surface area (Å²) in [6.45, 7) is 3.33. The Morgan fingerprint density at radius 1 is 1.22 bits per heavy atom. The first-order valence-corrected chi connectivity index (χ1v) is 7.24. The van der Waals surface area contributed by atoms with Gasteiger partial charge in [-0.3, -0.25) is 9.59 Å². The molecule has 0 spiro atoms. The lowest BCUT2D eigenvalue weighted by atomic mass is 9.87. The van der Waals surface area contributed by atoms with Crippen molar-refractivity contribution in [3.63, 3.8) is 0 Å². The number of ketones is 1. The van der Waals surface area contributed by atoms with Crippen LogP contribution in [0.2, 0.25) is 0 Å². The van der Waals surface area contributed by atoms with Gasteiger partial charge in [0.2, 0.25) is 5.92 Å². The first-order valence-electron chi connectivity index (χ1n) is 7.24. The van der Waals surface area contributed by atoms with Gasteiger partial charge >= 0.3 is 12.1 Å². The number of allylic oxidation sites excluding steroid dienone is 1. The van der Waals surface area contributed by atoms with Crippen molar-refractivity contribution in [3.8, 4) is 0 Å². The van der Waals surface area contributed by atoms with Crippen molar-refractivity contribution in [1.82, 2.24) is 5.32 Å². The van der Waals surface area contributed by atoms with E-state index < -0.39 is 54.5 Å². The Kier molecular flexibility index (Phi) is 6.23. The Labute approximate surface area is 132 Å². The topological polar surface area (TPSA) is 92.7 Å². The molecule has 0 saturated heterocycles. The molecule has 0 saturated carbocycles. The molecule has 0 bridgehead atoms. The number of carboxylic acids is 1. The van der Waals surface area contributed by atoms with Crippen molar-refractivity contribution in [2.24, 2.45) is 17.8 Å². The molecule has 1 amide bonds. The molecule has 3 atom stereocenters. The van der Waals surface area contributed by atoms with Gasteiger partial charge in [-0.15, -0.1) is 0 Å². The van der Waals surface area contributed by atoms with Gasteiger partial charge < -0.3 is 15.2 Å². The Morgan fingerprint density at radius 3 is 2.22 bits per heavy atom. The average Bonchev–Trinajstić information content (AvgIpc) is 2.61. The Hall–Kier alpha value is -1.99. The first kappa shape index (κ1) is 19.1. The summed E-state index contributed by atoms with van der Waals surface area (Å²) >= 11 is 0. The molecule has 0 heterocycles. The SMILES string of the molecule is COC(=O)N[C@H](C(=O)C1C=CC(C(=O)O)CC(F)(F)C1)C(C)C. The van der Waals surface area contributed by atoms with Crippen molar-refractivity contribution in [3.05, 3.63) is 12.2 Å². The van der Waals surface area contributed by atoms with Gasteiger partial charge in [0.1, 0.15) is 0 Å². The third-order valence-electron chi connectivity index (χ3n) is 3.73. The number of methoxy groups -OCH3 is 1. The highest BCUT2D eigenvalue weighted by molar-refractivity contribution is 5.91. The van der Waals surface area contributed by atoms with E-state index in [1.54, 1.807) is 13.8 Å². The fourth-order valence-electron chi connectivity index (χ4n) is 2.48. The molecule has 0 fully saturated rings. The van der Waals surface area contributed by atoms with Gasteiger partial charge in [-0.05, 0) is 5.92 Å². The van der Waals surface area contributed by atoms with Crippen molar-refractivity contribution < 1.29 is 33.0 Å². The molecule has 1 aliphatic rings. The number of hydrogen-bond acceptors (Lipinski definition) is 4. The molecule has 6 nitrogen and oxygen atoms in total. The summed E-state index contributed by atoms with van der Waals surface area (Å²) in [5.41, 5.74) is 0. The number of carboxylic acid groups (broad SMARTS) is 1. The second-order valence-electron chi connectivity index (χ2n) is 5.96. The molecule has 1 aliphatic carbocycles. The molecule has 0 radical (unpaired) electrons. The van der Waals surface area contributed by atoms with Gasteiger partial charge in [0.15, 0.2) is 5.78 Å². The van der Waals surface area contributed by atoms with Crippen molar-refractivity contribution in [2.45, 2.75) is 38.7 Å². The van der Waals surface area contributed by atoms with Crippen LogP contribution in [0.15, 0.2) is 12.2 Å². The fraction of sp³-hybridized carbons (Fsp3) is 0.667. The number of alkyl carbamates (subject to hydrolysis) is 1. The van der Waals surface area contributed by atoms with Crippen LogP contribution >= 0.6 is 0 Å². The molecule has 1 rings (SSSR count). The minimum atomic E-state index is -3.28. The molecule has 0 aliphatic heterocycles. The van der Waals surface area contributed by atoms with Crippen LogP contribution in [0.25, 0.3) is 0 Å². The van der Waals surface area contributed by atoms with Gasteiger partial charge in [-0.1, -0.05) is 26.0 Å². The van der Waals surface area contributed by atoms with Crippen LogP contribution in [-0.2, 0) is 14.3 Å². The van der Waals surface area contributed by atoms with Gasteiger partial charge in [-0.2, -0.15) is 0 Å². The van der Waals surface area contributed by atoms with E-state index in [0.717, 1.165) is 13.2 Å². The van der Waals surface area contributed by atoms with Crippen LogP contribution in [0.4, 0.5) is 13.6 Å². The zero-order valence-electron chi connectivity index (χ0n) is 13.2. The number of hydrogen-bond donors (Lipinski definition) is 2. The normalized spacial score (nSPS) is 24.6. The van der Waals surface area contributed by atoms with E-state index in [9.17, 15) is 23.2 Å². The molecule has 0 aromatic carbocycles. The fourth-order valence-corrected chi connectivity index (χ4v) is 2.48. The quantitative estimate of drug-likeness (QED) is 0.753. The maximum Gasteiger partial charge on any atom is 0.407 e. The zero-order chi connectivity index (χ0) is 17.8. The lowest BCUT2D eigenvalue weighted by Gasteiger charge is -2.25. The number of Topliss-reactive ketones (excluding diaryl/α,β-unsaturated/α-hetero) is 1. The van der Waals surface area contributed by atoms with Gasteiger partial charge in [0.05, 0.1) is 19.1 Å². The van der Waals surface area contributed by atoms with Crippen LogP contribution in [0.3, 0.4) is 0 Å². The minimum Gasteiger partial charge on any atom is -0.481 e. The Bertz CT molecular complexity index is 504. The average molecular weight is 333 g/mol. The number of carbonyl (C=O) groups is 3. The van der Waals surface area contributed by atoms with E-state index in [1.807, 2.05) is 0 Å².